The molecule has 1 N–H and O–H groups in total. The molecule has 3 heteroatoms. The molecule has 2 aromatic carbocycles. The quantitative estimate of drug-likeness (QED) is 0.877. The number of aliphatic hydroxyl groups excluding tert-OH is 1. The summed E-state index contributed by atoms with van der Waals surface area (Å²) in [5.74, 6) is -1.24. The van der Waals surface area contributed by atoms with Crippen LogP contribution in [0.15, 0.2) is 42.5 Å². The van der Waals surface area contributed by atoms with Crippen molar-refractivity contribution >= 4 is 0 Å². The predicted octanol–water partition coefficient (Wildman–Crippen LogP) is 4.51. The fourth-order valence-electron chi connectivity index (χ4n) is 2.93. The lowest BCUT2D eigenvalue weighted by molar-refractivity contribution is 0.174. The van der Waals surface area contributed by atoms with Crippen LogP contribution in [0.2, 0.25) is 0 Å². The maximum Gasteiger partial charge on any atom is 0.162 e. The Morgan fingerprint density at radius 2 is 1.81 bits per heavy atom. The number of hydrogen-bond acceptors (Lipinski definition) is 1. The van der Waals surface area contributed by atoms with Crippen LogP contribution in [-0.4, -0.2) is 5.11 Å². The van der Waals surface area contributed by atoms with Crippen LogP contribution in [0.4, 0.5) is 8.78 Å². The van der Waals surface area contributed by atoms with E-state index in [4.69, 9.17) is 0 Å². The SMILES string of the molecule is OC(Cc1cccc(F)c1F)c1ccccc1C1CCC1. The Morgan fingerprint density at radius 3 is 2.52 bits per heavy atom. The molecule has 21 heavy (non-hydrogen) atoms. The highest BCUT2D eigenvalue weighted by atomic mass is 19.2. The average Bonchev–Trinajstić information content (AvgIpc) is 2.42. The molecule has 1 atom stereocenters. The molecule has 1 aliphatic carbocycles. The van der Waals surface area contributed by atoms with Crippen LogP contribution in [0.1, 0.15) is 48.0 Å². The second kappa shape index (κ2) is 5.94. The Bertz CT molecular complexity index is 635. The van der Waals surface area contributed by atoms with Crippen LogP contribution in [0.3, 0.4) is 0 Å². The first kappa shape index (κ1) is 14.2. The van der Waals surface area contributed by atoms with Crippen molar-refractivity contribution in [1.82, 2.24) is 0 Å². The Kier molecular flexibility index (Phi) is 4.02. The first-order chi connectivity index (χ1) is 10.2. The topological polar surface area (TPSA) is 20.2 Å². The zero-order valence-electron chi connectivity index (χ0n) is 11.7. The molecule has 1 fully saturated rings. The van der Waals surface area contributed by atoms with Gasteiger partial charge in [-0.2, -0.15) is 0 Å². The Morgan fingerprint density at radius 1 is 1.05 bits per heavy atom. The van der Waals surface area contributed by atoms with E-state index in [2.05, 4.69) is 0 Å². The largest absolute Gasteiger partial charge is 0.388 e. The normalized spacial score (nSPS) is 16.5. The zero-order chi connectivity index (χ0) is 14.8. The standard InChI is InChI=1S/C18H18F2O/c19-16-10-4-7-13(18(16)20)11-17(21)15-9-2-1-8-14(15)12-5-3-6-12/h1-2,4,7-10,12,17,21H,3,5-6,11H2. The van der Waals surface area contributed by atoms with Gasteiger partial charge in [-0.1, -0.05) is 42.8 Å². The predicted molar refractivity (Wildman–Crippen MR) is 78.1 cm³/mol. The molecule has 1 unspecified atom stereocenters. The highest BCUT2D eigenvalue weighted by molar-refractivity contribution is 5.34. The van der Waals surface area contributed by atoms with Gasteiger partial charge >= 0.3 is 0 Å². The van der Waals surface area contributed by atoms with Crippen molar-refractivity contribution in [2.45, 2.75) is 37.7 Å². The lowest BCUT2D eigenvalue weighted by atomic mass is 9.77. The molecule has 0 aromatic heterocycles. The van der Waals surface area contributed by atoms with E-state index in [0.29, 0.717) is 5.92 Å². The van der Waals surface area contributed by atoms with Gasteiger partial charge in [0.2, 0.25) is 0 Å². The molecular weight excluding hydrogens is 270 g/mol. The van der Waals surface area contributed by atoms with E-state index in [1.807, 2.05) is 24.3 Å². The number of aliphatic hydroxyl groups is 1. The van der Waals surface area contributed by atoms with E-state index >= 15 is 0 Å². The van der Waals surface area contributed by atoms with Crippen LogP contribution in [-0.2, 0) is 6.42 Å². The van der Waals surface area contributed by atoms with Gasteiger partial charge in [-0.05, 0) is 41.5 Å². The first-order valence-electron chi connectivity index (χ1n) is 7.36. The van der Waals surface area contributed by atoms with E-state index in [1.165, 1.54) is 18.6 Å². The molecule has 3 rings (SSSR count). The van der Waals surface area contributed by atoms with Gasteiger partial charge in [0.15, 0.2) is 11.6 Å². The molecular formula is C18H18F2O. The smallest absolute Gasteiger partial charge is 0.162 e. The minimum atomic E-state index is -0.869. The third-order valence-corrected chi connectivity index (χ3v) is 4.34. The minimum Gasteiger partial charge on any atom is -0.388 e. The highest BCUT2D eigenvalue weighted by Gasteiger charge is 2.24. The van der Waals surface area contributed by atoms with Crippen LogP contribution in [0.25, 0.3) is 0 Å². The van der Waals surface area contributed by atoms with Gasteiger partial charge in [-0.15, -0.1) is 0 Å². The molecule has 0 saturated heterocycles. The molecule has 0 bridgehead atoms. The van der Waals surface area contributed by atoms with Crippen molar-refractivity contribution in [3.05, 3.63) is 70.8 Å². The second-order valence-corrected chi connectivity index (χ2v) is 5.69. The van der Waals surface area contributed by atoms with Gasteiger partial charge in [-0.3, -0.25) is 0 Å². The third-order valence-electron chi connectivity index (χ3n) is 4.34. The number of halogens is 2. The van der Waals surface area contributed by atoms with E-state index in [-0.39, 0.29) is 12.0 Å². The Labute approximate surface area is 123 Å². The summed E-state index contributed by atoms with van der Waals surface area (Å²) in [5.41, 5.74) is 2.20. The van der Waals surface area contributed by atoms with E-state index in [0.717, 1.165) is 30.0 Å². The zero-order valence-corrected chi connectivity index (χ0v) is 11.7. The molecule has 1 aliphatic rings. The first-order valence-corrected chi connectivity index (χ1v) is 7.36. The van der Waals surface area contributed by atoms with Crippen molar-refractivity contribution in [3.63, 3.8) is 0 Å². The molecule has 0 heterocycles. The van der Waals surface area contributed by atoms with Gasteiger partial charge in [0.05, 0.1) is 6.10 Å². The fraction of sp³-hybridized carbons (Fsp3) is 0.333. The molecule has 110 valence electrons. The maximum atomic E-state index is 13.7. The van der Waals surface area contributed by atoms with E-state index in [9.17, 15) is 13.9 Å². The maximum absolute atomic E-state index is 13.7. The second-order valence-electron chi connectivity index (χ2n) is 5.69. The summed E-state index contributed by atoms with van der Waals surface area (Å²) in [5, 5.41) is 10.4. The molecule has 0 radical (unpaired) electrons. The number of benzene rings is 2. The lowest BCUT2D eigenvalue weighted by Gasteiger charge is -2.29. The van der Waals surface area contributed by atoms with Gasteiger partial charge in [0.25, 0.3) is 0 Å². The summed E-state index contributed by atoms with van der Waals surface area (Å²) in [4.78, 5) is 0. The molecule has 0 spiro atoms. The third kappa shape index (κ3) is 2.84. The van der Waals surface area contributed by atoms with Gasteiger partial charge < -0.3 is 5.11 Å². The minimum absolute atomic E-state index is 0.0906. The van der Waals surface area contributed by atoms with Crippen molar-refractivity contribution in [2.24, 2.45) is 0 Å². The molecule has 1 saturated carbocycles. The number of hydrogen-bond donors (Lipinski definition) is 1. The average molecular weight is 288 g/mol. The highest BCUT2D eigenvalue weighted by Crippen LogP contribution is 2.40. The van der Waals surface area contributed by atoms with E-state index < -0.39 is 17.7 Å². The van der Waals surface area contributed by atoms with Gasteiger partial charge in [0.1, 0.15) is 0 Å². The van der Waals surface area contributed by atoms with Crippen molar-refractivity contribution < 1.29 is 13.9 Å². The Hall–Kier alpha value is -1.74. The summed E-state index contributed by atoms with van der Waals surface area (Å²) >= 11 is 0. The molecule has 0 amide bonds. The van der Waals surface area contributed by atoms with Crippen LogP contribution < -0.4 is 0 Å². The van der Waals surface area contributed by atoms with Crippen molar-refractivity contribution in [3.8, 4) is 0 Å². The van der Waals surface area contributed by atoms with Gasteiger partial charge in [-0.25, -0.2) is 8.78 Å². The summed E-state index contributed by atoms with van der Waals surface area (Å²) in [6.45, 7) is 0. The van der Waals surface area contributed by atoms with E-state index in [1.54, 1.807) is 0 Å². The van der Waals surface area contributed by atoms with Crippen molar-refractivity contribution in [1.29, 1.82) is 0 Å². The fourth-order valence-corrected chi connectivity index (χ4v) is 2.93. The summed E-state index contributed by atoms with van der Waals surface area (Å²) in [6.07, 6.45) is 2.77. The summed E-state index contributed by atoms with van der Waals surface area (Å²) < 4.78 is 27.0. The molecule has 2 aromatic rings. The lowest BCUT2D eigenvalue weighted by Crippen LogP contribution is -2.14. The number of rotatable bonds is 4. The summed E-state index contributed by atoms with van der Waals surface area (Å²) in [6, 6.07) is 11.8. The molecule has 0 aliphatic heterocycles. The van der Waals surface area contributed by atoms with Crippen LogP contribution >= 0.6 is 0 Å². The Balaban J connectivity index is 1.85. The van der Waals surface area contributed by atoms with Crippen LogP contribution in [0, 0.1) is 11.6 Å². The monoisotopic (exact) mass is 288 g/mol. The van der Waals surface area contributed by atoms with Crippen molar-refractivity contribution in [2.75, 3.05) is 0 Å². The van der Waals surface area contributed by atoms with Crippen LogP contribution in [0.5, 0.6) is 0 Å². The van der Waals surface area contributed by atoms with Gasteiger partial charge in [0, 0.05) is 6.42 Å². The summed E-state index contributed by atoms with van der Waals surface area (Å²) in [7, 11) is 0. The molecule has 1 nitrogen and oxygen atoms in total.